The van der Waals surface area contributed by atoms with Crippen LogP contribution in [0.1, 0.15) is 79.1 Å². The molecule has 7 heterocycles. The van der Waals surface area contributed by atoms with E-state index in [2.05, 4.69) is 27.7 Å². The van der Waals surface area contributed by atoms with Crippen molar-refractivity contribution in [1.82, 2.24) is 0 Å². The number of hydrogen-bond donors (Lipinski definition) is 17. The third-order valence-electron chi connectivity index (χ3n) is 22.2. The van der Waals surface area contributed by atoms with Crippen LogP contribution in [0.25, 0.3) is 0 Å². The van der Waals surface area contributed by atoms with E-state index in [-0.39, 0.29) is 52.4 Å². The molecule has 85 heavy (non-hydrogen) atoms. The van der Waals surface area contributed by atoms with Gasteiger partial charge in [0.15, 0.2) is 37.2 Å². The molecule has 29 nitrogen and oxygen atoms in total. The first kappa shape index (κ1) is 65.3. The van der Waals surface area contributed by atoms with Gasteiger partial charge in [0.2, 0.25) is 0 Å². The van der Waals surface area contributed by atoms with Gasteiger partial charge in [0.1, 0.15) is 116 Å². The van der Waals surface area contributed by atoms with E-state index in [9.17, 15) is 86.8 Å². The van der Waals surface area contributed by atoms with Crippen LogP contribution in [0.15, 0.2) is 0 Å². The van der Waals surface area contributed by atoms with E-state index >= 15 is 0 Å². The predicted octanol–water partition coefficient (Wildman–Crippen LogP) is -6.50. The highest BCUT2D eigenvalue weighted by molar-refractivity contribution is 5.19. The highest BCUT2D eigenvalue weighted by atomic mass is 16.8. The molecule has 0 aromatic heterocycles. The molecule has 7 saturated heterocycles. The van der Waals surface area contributed by atoms with E-state index in [0.29, 0.717) is 25.4 Å². The van der Waals surface area contributed by atoms with E-state index in [1.54, 1.807) is 0 Å². The summed E-state index contributed by atoms with van der Waals surface area (Å²) >= 11 is 0. The van der Waals surface area contributed by atoms with Crippen LogP contribution in [0.5, 0.6) is 0 Å². The maximum atomic E-state index is 12.3. The fraction of sp³-hybridized carbons (Fsp3) is 1.00. The summed E-state index contributed by atoms with van der Waals surface area (Å²) in [6, 6.07) is 0. The topological polar surface area (TPSA) is 455 Å². The Hall–Kier alpha value is -1.16. The van der Waals surface area contributed by atoms with E-state index in [1.165, 1.54) is 0 Å². The Bertz CT molecular complexity index is 2220. The van der Waals surface area contributed by atoms with Crippen molar-refractivity contribution < 1.29 is 144 Å². The van der Waals surface area contributed by atoms with Gasteiger partial charge in [-0.15, -0.1) is 0 Å². The monoisotopic (exact) mass is 1230 g/mol. The molecule has 0 aromatic carbocycles. The first-order valence-corrected chi connectivity index (χ1v) is 30.5. The molecule has 3 unspecified atom stereocenters. The van der Waals surface area contributed by atoms with Crippen molar-refractivity contribution in [2.75, 3.05) is 39.6 Å². The Morgan fingerprint density at radius 2 is 1.01 bits per heavy atom. The van der Waals surface area contributed by atoms with Gasteiger partial charge >= 0.3 is 0 Å². The molecule has 0 radical (unpaired) electrons. The number of fused-ring (bicyclic) bond motifs is 7. The summed E-state index contributed by atoms with van der Waals surface area (Å²) in [5, 5.41) is 188. The van der Waals surface area contributed by atoms with Crippen LogP contribution in [-0.4, -0.2) is 304 Å². The van der Waals surface area contributed by atoms with Crippen LogP contribution in [0.4, 0.5) is 0 Å². The number of aliphatic hydroxyl groups excluding tert-OH is 17. The van der Waals surface area contributed by atoms with Crippen LogP contribution in [0.2, 0.25) is 0 Å². The molecule has 0 aromatic rings. The zero-order valence-corrected chi connectivity index (χ0v) is 48.1. The Kier molecular flexibility index (Phi) is 19.5. The normalized spacial score (nSPS) is 58.1. The minimum Gasteiger partial charge on any atom is -0.394 e. The number of aliphatic hydroxyl groups is 17. The van der Waals surface area contributed by atoms with Gasteiger partial charge < -0.3 is 144 Å². The van der Waals surface area contributed by atoms with E-state index in [0.717, 1.165) is 38.5 Å². The highest BCUT2D eigenvalue weighted by Gasteiger charge is 2.73. The predicted molar refractivity (Wildman–Crippen MR) is 278 cm³/mol. The van der Waals surface area contributed by atoms with E-state index in [4.69, 9.17) is 56.8 Å². The first-order chi connectivity index (χ1) is 40.3. The summed E-state index contributed by atoms with van der Waals surface area (Å²) in [5.41, 5.74) is -0.531. The van der Waals surface area contributed by atoms with Gasteiger partial charge in [-0.05, 0) is 85.4 Å². The molecule has 38 atom stereocenters. The van der Waals surface area contributed by atoms with E-state index in [1.807, 2.05) is 0 Å². The lowest BCUT2D eigenvalue weighted by Gasteiger charge is -2.62. The molecule has 1 spiro atoms. The van der Waals surface area contributed by atoms with Gasteiger partial charge in [-0.3, -0.25) is 0 Å². The molecule has 490 valence electrons. The molecular weight excluding hydrogens is 1140 g/mol. The molecule has 11 aliphatic rings. The number of ether oxygens (including phenoxy) is 12. The van der Waals surface area contributed by atoms with Crippen molar-refractivity contribution in [2.24, 2.45) is 52.3 Å². The largest absolute Gasteiger partial charge is 0.394 e. The third-order valence-corrected chi connectivity index (χ3v) is 22.2. The fourth-order valence-electron chi connectivity index (χ4n) is 17.4. The quantitative estimate of drug-likeness (QED) is 0.0719. The zero-order chi connectivity index (χ0) is 61.1. The van der Waals surface area contributed by atoms with Crippen molar-refractivity contribution in [2.45, 2.75) is 257 Å². The second kappa shape index (κ2) is 25.4. The summed E-state index contributed by atoms with van der Waals surface area (Å²) in [6.45, 7) is 5.21. The van der Waals surface area contributed by atoms with Gasteiger partial charge in [0.05, 0.1) is 64.1 Å². The van der Waals surface area contributed by atoms with Crippen molar-refractivity contribution in [1.29, 1.82) is 0 Å². The van der Waals surface area contributed by atoms with Crippen LogP contribution < -0.4 is 0 Å². The fourth-order valence-corrected chi connectivity index (χ4v) is 17.4. The smallest absolute Gasteiger partial charge is 0.187 e. The molecule has 11 fully saturated rings. The lowest BCUT2D eigenvalue weighted by Crippen LogP contribution is -2.69. The third kappa shape index (κ3) is 11.3. The van der Waals surface area contributed by atoms with Crippen LogP contribution in [-0.2, 0) is 56.8 Å². The highest BCUT2D eigenvalue weighted by Crippen LogP contribution is 2.71. The van der Waals surface area contributed by atoms with Gasteiger partial charge in [-0.25, -0.2) is 0 Å². The minimum atomic E-state index is -2.21. The number of rotatable bonds is 14. The molecule has 0 amide bonds. The van der Waals surface area contributed by atoms with Crippen LogP contribution in [0, 0.1) is 52.3 Å². The lowest BCUT2D eigenvalue weighted by molar-refractivity contribution is -0.410. The number of hydrogen-bond acceptors (Lipinski definition) is 29. The van der Waals surface area contributed by atoms with Crippen molar-refractivity contribution in [3.8, 4) is 0 Å². The zero-order valence-electron chi connectivity index (χ0n) is 48.1. The maximum Gasteiger partial charge on any atom is 0.187 e. The SMILES string of the molecule is CC1CC[C@@]2(OC1)O[C@@H]1[C@@H](O)[C@H]3C4CC[C@H]5C[C@@H](O[C@@H]6O[C@H](CO)[C@H](O[C@@H]7O[C@H](CO)[C@@H](O)[C@H](O[C@@H]8OC[C@@H](O)[C@H](O)[C@H]8O)[C@H]7O[C@@H]7O[C@H](CO)[C@@H](O)[C@H](O[C@@H]8O[C@H](CO)[C@@H](O)[C@H](O)[C@H]8O)[C@H]7O)[C@H](O)[C@H]6O)[C@H](O)C[C@]5(C)C4CC[C@]3(C)[C@H]1[C@@H]2C. The van der Waals surface area contributed by atoms with Gasteiger partial charge in [-0.1, -0.05) is 27.7 Å². The Labute approximate surface area is 491 Å². The molecule has 0 bridgehead atoms. The van der Waals surface area contributed by atoms with E-state index < -0.39 is 205 Å². The summed E-state index contributed by atoms with van der Waals surface area (Å²) in [6.07, 6.45) is -42.5. The summed E-state index contributed by atoms with van der Waals surface area (Å²) in [5.74, 6) is 0.388. The molecule has 17 N–H and O–H groups in total. The van der Waals surface area contributed by atoms with Crippen LogP contribution >= 0.6 is 0 Å². The van der Waals surface area contributed by atoms with Crippen molar-refractivity contribution in [3.63, 3.8) is 0 Å². The maximum absolute atomic E-state index is 12.3. The first-order valence-electron chi connectivity index (χ1n) is 30.5. The molecule has 7 aliphatic heterocycles. The summed E-state index contributed by atoms with van der Waals surface area (Å²) in [7, 11) is 0. The Morgan fingerprint density at radius 3 is 1.67 bits per heavy atom. The van der Waals surface area contributed by atoms with Gasteiger partial charge in [0, 0.05) is 18.3 Å². The standard InChI is InChI=1S/C56H92O29/c1-19-7-10-56(75-17-19)20(2)31-45(85-56)37(67)32-22-6-5-21-11-26(24(61)12-55(21,4)23(22)8-9-54(31,32)3)76-50-42(72)39(69)44(30(16-60)80-50)81-53-48(47(36(66)29(15-59)79-53)83-49-40(70)33(63)25(62)18-74-49)84-52-43(73)46(35(65)28(14-58)78-52)82-51-41(71)38(68)34(64)27(13-57)77-51/h19-53,57-73H,5-18H2,1-4H3/t19?,20-,21-,22?,23?,24+,25+,26+,27+,28+,29+,30+,31-,32+,33-,34+,35+,36+,37-,38-,39+,40+,41+,42+,43+,44-,45-,46-,47-,48+,49-,50+,51-,52-,53-,54+,55-,56+/m0/s1. The minimum absolute atomic E-state index is 0.00749. The van der Waals surface area contributed by atoms with Crippen molar-refractivity contribution in [3.05, 3.63) is 0 Å². The molecule has 11 rings (SSSR count). The Balaban J connectivity index is 0.797. The molecular formula is C56H92O29. The molecule has 4 aliphatic carbocycles. The van der Waals surface area contributed by atoms with Crippen LogP contribution in [0.3, 0.4) is 0 Å². The molecule has 4 saturated carbocycles. The van der Waals surface area contributed by atoms with Gasteiger partial charge in [-0.2, -0.15) is 0 Å². The summed E-state index contributed by atoms with van der Waals surface area (Å²) < 4.78 is 72.8. The summed E-state index contributed by atoms with van der Waals surface area (Å²) in [4.78, 5) is 0. The second-order valence-corrected chi connectivity index (χ2v) is 26.9. The van der Waals surface area contributed by atoms with Crippen molar-refractivity contribution >= 4 is 0 Å². The lowest BCUT2D eigenvalue weighted by atomic mass is 9.44. The Morgan fingerprint density at radius 1 is 0.447 bits per heavy atom. The average molecular weight is 1230 g/mol. The average Bonchev–Trinajstić information content (AvgIpc) is 1.59. The second-order valence-electron chi connectivity index (χ2n) is 26.9. The van der Waals surface area contributed by atoms with Gasteiger partial charge in [0.25, 0.3) is 0 Å². The molecule has 29 heteroatoms.